The molecule has 0 aromatic heterocycles. The number of carbonyl (C=O) groups excluding carboxylic acids is 1. The highest BCUT2D eigenvalue weighted by molar-refractivity contribution is 7.92. The Kier molecular flexibility index (Phi) is 4.43. The van der Waals surface area contributed by atoms with Gasteiger partial charge >= 0.3 is 5.97 Å². The van der Waals surface area contributed by atoms with Crippen molar-refractivity contribution in [3.63, 3.8) is 0 Å². The minimum absolute atomic E-state index is 0.179. The van der Waals surface area contributed by atoms with Crippen molar-refractivity contribution in [2.75, 3.05) is 10.5 Å². The first kappa shape index (κ1) is 14.2. The van der Waals surface area contributed by atoms with Crippen molar-refractivity contribution in [3.05, 3.63) is 29.8 Å². The second-order valence-corrected chi connectivity index (χ2v) is 5.54. The Balaban J connectivity index is 2.81. The molecule has 1 aromatic carbocycles. The lowest BCUT2D eigenvalue weighted by atomic mass is 10.1. The van der Waals surface area contributed by atoms with Gasteiger partial charge in [0.1, 0.15) is 0 Å². The molecule has 0 bridgehead atoms. The molecule has 0 atom stereocenters. The number of ketones is 1. The number of benzene rings is 1. The van der Waals surface area contributed by atoms with E-state index in [4.69, 9.17) is 5.11 Å². The first-order valence-electron chi connectivity index (χ1n) is 5.13. The van der Waals surface area contributed by atoms with Crippen molar-refractivity contribution in [1.29, 1.82) is 0 Å². The molecular formula is C11H13NO5S. The van der Waals surface area contributed by atoms with Crippen LogP contribution in [0, 0.1) is 0 Å². The average Bonchev–Trinajstić information content (AvgIpc) is 2.26. The third-order valence-electron chi connectivity index (χ3n) is 2.13. The van der Waals surface area contributed by atoms with E-state index in [9.17, 15) is 18.0 Å². The van der Waals surface area contributed by atoms with Gasteiger partial charge < -0.3 is 5.11 Å². The lowest BCUT2D eigenvalue weighted by Gasteiger charge is -2.07. The Labute approximate surface area is 105 Å². The quantitative estimate of drug-likeness (QED) is 0.755. The number of Topliss-reactive ketones (excluding diaryl/α,β-unsaturated/α-hetero) is 1. The van der Waals surface area contributed by atoms with Gasteiger partial charge in [0.25, 0.3) is 0 Å². The van der Waals surface area contributed by atoms with Crippen LogP contribution in [-0.4, -0.2) is 31.0 Å². The topological polar surface area (TPSA) is 101 Å². The molecule has 7 heteroatoms. The second kappa shape index (κ2) is 5.63. The van der Waals surface area contributed by atoms with Crippen LogP contribution in [0.4, 0.5) is 5.69 Å². The van der Waals surface area contributed by atoms with E-state index in [0.29, 0.717) is 5.56 Å². The molecule has 0 aliphatic rings. The summed E-state index contributed by atoms with van der Waals surface area (Å²) < 4.78 is 25.3. The fourth-order valence-electron chi connectivity index (χ4n) is 1.25. The van der Waals surface area contributed by atoms with Crippen LogP contribution in [0.3, 0.4) is 0 Å². The van der Waals surface area contributed by atoms with Gasteiger partial charge in [-0.3, -0.25) is 14.3 Å². The van der Waals surface area contributed by atoms with Gasteiger partial charge in [-0.05, 0) is 19.1 Å². The Hall–Kier alpha value is -1.89. The molecule has 0 heterocycles. The minimum Gasteiger partial charge on any atom is -0.481 e. The molecule has 98 valence electrons. The molecular weight excluding hydrogens is 258 g/mol. The van der Waals surface area contributed by atoms with Gasteiger partial charge in [0, 0.05) is 11.3 Å². The van der Waals surface area contributed by atoms with Gasteiger partial charge in [0.15, 0.2) is 5.78 Å². The number of sulfonamides is 1. The van der Waals surface area contributed by atoms with Crippen LogP contribution < -0.4 is 4.72 Å². The number of hydrogen-bond acceptors (Lipinski definition) is 4. The van der Waals surface area contributed by atoms with Crippen LogP contribution >= 0.6 is 0 Å². The summed E-state index contributed by atoms with van der Waals surface area (Å²) in [6, 6.07) is 6.01. The highest BCUT2D eigenvalue weighted by Gasteiger charge is 2.13. The smallest absolute Gasteiger partial charge is 0.304 e. The van der Waals surface area contributed by atoms with Crippen molar-refractivity contribution in [3.8, 4) is 0 Å². The molecule has 0 saturated heterocycles. The molecule has 1 aromatic rings. The Morgan fingerprint density at radius 1 is 1.33 bits per heavy atom. The molecule has 0 radical (unpaired) electrons. The molecule has 0 aliphatic carbocycles. The van der Waals surface area contributed by atoms with Crippen LogP contribution in [0.25, 0.3) is 0 Å². The van der Waals surface area contributed by atoms with Crippen LogP contribution in [0.1, 0.15) is 23.7 Å². The number of rotatable bonds is 6. The largest absolute Gasteiger partial charge is 0.481 e. The monoisotopic (exact) mass is 271 g/mol. The maximum atomic E-state index is 11.5. The van der Waals surface area contributed by atoms with Gasteiger partial charge in [-0.1, -0.05) is 12.1 Å². The van der Waals surface area contributed by atoms with Gasteiger partial charge in [0.05, 0.1) is 12.2 Å². The maximum Gasteiger partial charge on any atom is 0.304 e. The molecule has 2 N–H and O–H groups in total. The molecule has 0 spiro atoms. The maximum absolute atomic E-state index is 11.5. The first-order chi connectivity index (χ1) is 8.30. The van der Waals surface area contributed by atoms with Crippen molar-refractivity contribution in [1.82, 2.24) is 0 Å². The third-order valence-corrected chi connectivity index (χ3v) is 3.42. The Morgan fingerprint density at radius 3 is 2.56 bits per heavy atom. The normalized spacial score (nSPS) is 10.9. The molecule has 1 rings (SSSR count). The van der Waals surface area contributed by atoms with E-state index in [0.717, 1.165) is 0 Å². The number of carboxylic acids is 1. The van der Waals surface area contributed by atoms with E-state index in [2.05, 4.69) is 4.72 Å². The highest BCUT2D eigenvalue weighted by atomic mass is 32.2. The SMILES string of the molecule is CC(=O)c1cccc(NS(=O)(=O)CCC(=O)O)c1. The predicted molar refractivity (Wildman–Crippen MR) is 66.1 cm³/mol. The summed E-state index contributed by atoms with van der Waals surface area (Å²) in [5.41, 5.74) is 0.626. The Morgan fingerprint density at radius 2 is 2.00 bits per heavy atom. The van der Waals surface area contributed by atoms with Gasteiger partial charge in [-0.25, -0.2) is 8.42 Å². The first-order valence-corrected chi connectivity index (χ1v) is 6.79. The van der Waals surface area contributed by atoms with E-state index in [1.807, 2.05) is 0 Å². The zero-order valence-electron chi connectivity index (χ0n) is 9.71. The summed E-state index contributed by atoms with van der Waals surface area (Å²) in [5.74, 6) is -1.87. The fraction of sp³-hybridized carbons (Fsp3) is 0.273. The van der Waals surface area contributed by atoms with E-state index in [1.165, 1.54) is 19.1 Å². The van der Waals surface area contributed by atoms with Crippen molar-refractivity contribution in [2.24, 2.45) is 0 Å². The van der Waals surface area contributed by atoms with Gasteiger partial charge in [0.2, 0.25) is 10.0 Å². The predicted octanol–water partition coefficient (Wildman–Crippen LogP) is 1.11. The summed E-state index contributed by atoms with van der Waals surface area (Å²) >= 11 is 0. The molecule has 0 saturated carbocycles. The molecule has 0 aliphatic heterocycles. The van der Waals surface area contributed by atoms with Crippen LogP contribution in [0.5, 0.6) is 0 Å². The lowest BCUT2D eigenvalue weighted by molar-refractivity contribution is -0.136. The number of nitrogens with one attached hydrogen (secondary N) is 1. The zero-order chi connectivity index (χ0) is 13.8. The van der Waals surface area contributed by atoms with Crippen molar-refractivity contribution < 1.29 is 23.1 Å². The lowest BCUT2D eigenvalue weighted by Crippen LogP contribution is -2.19. The highest BCUT2D eigenvalue weighted by Crippen LogP contribution is 2.13. The Bertz CT molecular complexity index is 565. The molecule has 0 unspecified atom stereocenters. The number of anilines is 1. The number of aliphatic carboxylic acids is 1. The number of carbonyl (C=O) groups is 2. The third kappa shape index (κ3) is 4.54. The number of carboxylic acid groups (broad SMARTS) is 1. The van der Waals surface area contributed by atoms with Crippen molar-refractivity contribution >= 4 is 27.5 Å². The summed E-state index contributed by atoms with van der Waals surface area (Å²) in [7, 11) is -3.71. The molecule has 18 heavy (non-hydrogen) atoms. The summed E-state index contributed by atoms with van der Waals surface area (Å²) in [6.45, 7) is 1.37. The second-order valence-electron chi connectivity index (χ2n) is 3.70. The van der Waals surface area contributed by atoms with E-state index in [1.54, 1.807) is 12.1 Å². The molecule has 0 amide bonds. The molecule has 6 nitrogen and oxygen atoms in total. The minimum atomic E-state index is -3.71. The van der Waals surface area contributed by atoms with E-state index >= 15 is 0 Å². The van der Waals surface area contributed by atoms with Gasteiger partial charge in [-0.2, -0.15) is 0 Å². The summed E-state index contributed by atoms with van der Waals surface area (Å²) in [6.07, 6.45) is -0.471. The number of hydrogen-bond donors (Lipinski definition) is 2. The fourth-order valence-corrected chi connectivity index (χ4v) is 2.29. The van der Waals surface area contributed by atoms with Gasteiger partial charge in [-0.15, -0.1) is 0 Å². The average molecular weight is 271 g/mol. The van der Waals surface area contributed by atoms with Crippen LogP contribution in [0.2, 0.25) is 0 Å². The van der Waals surface area contributed by atoms with Crippen LogP contribution in [0.15, 0.2) is 24.3 Å². The zero-order valence-corrected chi connectivity index (χ0v) is 10.5. The van der Waals surface area contributed by atoms with Crippen molar-refractivity contribution in [2.45, 2.75) is 13.3 Å². The standard InChI is InChI=1S/C11H13NO5S/c1-8(13)9-3-2-4-10(7-9)12-18(16,17)6-5-11(14)15/h2-4,7,12H,5-6H2,1H3,(H,14,15). The van der Waals surface area contributed by atoms with E-state index < -0.39 is 28.2 Å². The van der Waals surface area contributed by atoms with Crippen LogP contribution in [-0.2, 0) is 14.8 Å². The summed E-state index contributed by atoms with van der Waals surface area (Å²) in [4.78, 5) is 21.4. The van der Waals surface area contributed by atoms with E-state index in [-0.39, 0.29) is 11.5 Å². The molecule has 0 fully saturated rings. The summed E-state index contributed by atoms with van der Waals surface area (Å²) in [5, 5.41) is 8.42.